The van der Waals surface area contributed by atoms with E-state index in [9.17, 15) is 15.0 Å². The third-order valence-corrected chi connectivity index (χ3v) is 4.93. The van der Waals surface area contributed by atoms with Crippen LogP contribution in [0.4, 0.5) is 0 Å². The van der Waals surface area contributed by atoms with Crippen molar-refractivity contribution in [3.05, 3.63) is 27.8 Å². The van der Waals surface area contributed by atoms with Crippen molar-refractivity contribution >= 4 is 0 Å². The topological polar surface area (TPSA) is 79.9 Å². The zero-order valence-corrected chi connectivity index (χ0v) is 16.7. The zero-order valence-electron chi connectivity index (χ0n) is 16.7. The third kappa shape index (κ3) is 7.50. The second kappa shape index (κ2) is 12.1. The van der Waals surface area contributed by atoms with Crippen molar-refractivity contribution in [3.8, 4) is 5.75 Å². The second-order valence-corrected chi connectivity index (χ2v) is 7.31. The van der Waals surface area contributed by atoms with Crippen LogP contribution in [0.15, 0.2) is 15.3 Å². The minimum Gasteiger partial charge on any atom is -0.496 e. The van der Waals surface area contributed by atoms with Crippen LogP contribution in [0.3, 0.4) is 0 Å². The van der Waals surface area contributed by atoms with Gasteiger partial charge < -0.3 is 19.4 Å². The van der Waals surface area contributed by atoms with Crippen LogP contribution in [0.25, 0.3) is 0 Å². The Kier molecular flexibility index (Phi) is 10.6. The minimum absolute atomic E-state index is 0.0750. The number of hydrogen-bond donors (Lipinski definition) is 2. The van der Waals surface area contributed by atoms with Crippen LogP contribution in [0.5, 0.6) is 5.75 Å². The monoisotopic (exact) mass is 368 g/mol. The van der Waals surface area contributed by atoms with Crippen LogP contribution >= 0.6 is 0 Å². The van der Waals surface area contributed by atoms with Gasteiger partial charge in [0.1, 0.15) is 22.7 Å². The number of unbranched alkanes of at least 4 members (excludes halogenated alkanes) is 9. The summed E-state index contributed by atoms with van der Waals surface area (Å²) in [6.45, 7) is 3.43. The molecule has 0 saturated heterocycles. The van der Waals surface area contributed by atoms with Crippen LogP contribution in [-0.4, -0.2) is 17.3 Å². The minimum atomic E-state index is -1.22. The highest BCUT2D eigenvalue weighted by Gasteiger charge is 2.28. The van der Waals surface area contributed by atoms with Crippen LogP contribution in [-0.2, 0) is 12.2 Å². The Morgan fingerprint density at radius 2 is 1.58 bits per heavy atom. The second-order valence-electron chi connectivity index (χ2n) is 7.31. The van der Waals surface area contributed by atoms with Crippen molar-refractivity contribution in [1.82, 2.24) is 0 Å². The molecule has 0 aliphatic heterocycles. The lowest BCUT2D eigenvalue weighted by Gasteiger charge is -2.22. The first-order chi connectivity index (χ1) is 12.5. The quantitative estimate of drug-likeness (QED) is 0.467. The molecular formula is C21H36O5. The van der Waals surface area contributed by atoms with Gasteiger partial charge in [-0.1, -0.05) is 71.1 Å². The van der Waals surface area contributed by atoms with Gasteiger partial charge in [-0.2, -0.15) is 0 Å². The standard InChI is InChI=1S/C21H36O5/c1-4-5-6-7-8-9-10-11-12-13-14-21(2,24)19-15-18(25-3)17(16-22)20(23)26-19/h15,22,24H,4-14,16H2,1-3H3/t21-/m0/s1. The molecule has 5 heteroatoms. The van der Waals surface area contributed by atoms with Crippen LogP contribution in [0.2, 0.25) is 0 Å². The van der Waals surface area contributed by atoms with Crippen LogP contribution in [0.1, 0.15) is 95.8 Å². The molecule has 1 aromatic rings. The first-order valence-corrected chi connectivity index (χ1v) is 10.0. The fourth-order valence-electron chi connectivity index (χ4n) is 3.17. The Hall–Kier alpha value is -1.33. The molecule has 2 N–H and O–H groups in total. The summed E-state index contributed by atoms with van der Waals surface area (Å²) in [4.78, 5) is 11.9. The Bertz CT molecular complexity index is 562. The predicted molar refractivity (Wildman–Crippen MR) is 103 cm³/mol. The van der Waals surface area contributed by atoms with Gasteiger partial charge in [-0.25, -0.2) is 4.79 Å². The van der Waals surface area contributed by atoms with Gasteiger partial charge in [0.2, 0.25) is 0 Å². The molecule has 0 aliphatic rings. The lowest BCUT2D eigenvalue weighted by atomic mass is 9.94. The Balaban J connectivity index is 2.38. The van der Waals surface area contributed by atoms with Crippen molar-refractivity contribution in [2.75, 3.05) is 7.11 Å². The molecule has 0 amide bonds. The molecule has 0 fully saturated rings. The average Bonchev–Trinajstić information content (AvgIpc) is 2.62. The molecule has 0 aromatic carbocycles. The molecule has 1 atom stereocenters. The van der Waals surface area contributed by atoms with E-state index in [0.717, 1.165) is 12.8 Å². The van der Waals surface area contributed by atoms with E-state index in [1.54, 1.807) is 6.92 Å². The SMILES string of the molecule is CCCCCCCCCCCC[C@](C)(O)c1cc(OC)c(CO)c(=O)o1. The largest absolute Gasteiger partial charge is 0.496 e. The number of aliphatic hydroxyl groups is 2. The van der Waals surface area contributed by atoms with Crippen molar-refractivity contribution < 1.29 is 19.4 Å². The molecule has 0 saturated carbocycles. The molecule has 5 nitrogen and oxygen atoms in total. The van der Waals surface area contributed by atoms with Gasteiger partial charge >= 0.3 is 5.63 Å². The molecule has 1 heterocycles. The van der Waals surface area contributed by atoms with Crippen molar-refractivity contribution in [1.29, 1.82) is 0 Å². The lowest BCUT2D eigenvalue weighted by molar-refractivity contribution is 0.0188. The van der Waals surface area contributed by atoms with Gasteiger partial charge in [0.05, 0.1) is 13.7 Å². The molecule has 26 heavy (non-hydrogen) atoms. The fourth-order valence-corrected chi connectivity index (χ4v) is 3.17. The van der Waals surface area contributed by atoms with Gasteiger partial charge in [0, 0.05) is 6.07 Å². The van der Waals surface area contributed by atoms with Crippen LogP contribution in [0, 0.1) is 0 Å². The first kappa shape index (κ1) is 22.7. The first-order valence-electron chi connectivity index (χ1n) is 10.0. The molecular weight excluding hydrogens is 332 g/mol. The van der Waals surface area contributed by atoms with E-state index in [2.05, 4.69) is 6.92 Å². The number of ether oxygens (including phenoxy) is 1. The molecule has 0 spiro atoms. The molecule has 1 aromatic heterocycles. The summed E-state index contributed by atoms with van der Waals surface area (Å²) in [7, 11) is 1.43. The van der Waals surface area contributed by atoms with Crippen molar-refractivity contribution in [3.63, 3.8) is 0 Å². The van der Waals surface area contributed by atoms with Gasteiger partial charge in [-0.15, -0.1) is 0 Å². The normalized spacial score (nSPS) is 13.6. The molecule has 0 bridgehead atoms. The van der Waals surface area contributed by atoms with E-state index in [1.165, 1.54) is 64.5 Å². The molecule has 0 aliphatic carbocycles. The third-order valence-electron chi connectivity index (χ3n) is 4.93. The zero-order chi connectivity index (χ0) is 19.4. The summed E-state index contributed by atoms with van der Waals surface area (Å²) in [5.74, 6) is 0.439. The van der Waals surface area contributed by atoms with Gasteiger partial charge in [-0.05, 0) is 13.3 Å². The fraction of sp³-hybridized carbons (Fsp3) is 0.762. The highest BCUT2D eigenvalue weighted by Crippen LogP contribution is 2.30. The summed E-state index contributed by atoms with van der Waals surface area (Å²) < 4.78 is 10.3. The van der Waals surface area contributed by atoms with E-state index >= 15 is 0 Å². The maximum atomic E-state index is 11.9. The number of rotatable bonds is 14. The lowest BCUT2D eigenvalue weighted by Crippen LogP contribution is -2.24. The Morgan fingerprint density at radius 1 is 1.04 bits per heavy atom. The van der Waals surface area contributed by atoms with Gasteiger partial charge in [0.25, 0.3) is 0 Å². The smallest absolute Gasteiger partial charge is 0.345 e. The molecule has 150 valence electrons. The average molecular weight is 369 g/mol. The van der Waals surface area contributed by atoms with E-state index in [1.807, 2.05) is 0 Å². The van der Waals surface area contributed by atoms with E-state index in [-0.39, 0.29) is 17.1 Å². The number of hydrogen-bond acceptors (Lipinski definition) is 5. The molecule has 0 radical (unpaired) electrons. The molecule has 0 unspecified atom stereocenters. The van der Waals surface area contributed by atoms with E-state index in [0.29, 0.717) is 6.42 Å². The summed E-state index contributed by atoms with van der Waals surface area (Å²) in [6, 6.07) is 1.50. The summed E-state index contributed by atoms with van der Waals surface area (Å²) in [6.07, 6.45) is 12.8. The van der Waals surface area contributed by atoms with Gasteiger partial charge in [0.15, 0.2) is 0 Å². The number of methoxy groups -OCH3 is 1. The number of aliphatic hydroxyl groups excluding tert-OH is 1. The van der Waals surface area contributed by atoms with Gasteiger partial charge in [-0.3, -0.25) is 0 Å². The van der Waals surface area contributed by atoms with E-state index in [4.69, 9.17) is 9.15 Å². The van der Waals surface area contributed by atoms with E-state index < -0.39 is 17.8 Å². The Labute approximate surface area is 157 Å². The van der Waals surface area contributed by atoms with Crippen molar-refractivity contribution in [2.45, 2.75) is 96.7 Å². The Morgan fingerprint density at radius 3 is 2.08 bits per heavy atom. The van der Waals surface area contributed by atoms with Crippen LogP contribution < -0.4 is 10.4 Å². The highest BCUT2D eigenvalue weighted by molar-refractivity contribution is 5.32. The molecule has 1 rings (SSSR count). The maximum absolute atomic E-state index is 11.9. The maximum Gasteiger partial charge on any atom is 0.345 e. The summed E-state index contributed by atoms with van der Waals surface area (Å²) in [5.41, 5.74) is -1.81. The predicted octanol–water partition coefficient (Wildman–Crippen LogP) is 4.66. The summed E-state index contributed by atoms with van der Waals surface area (Å²) >= 11 is 0. The summed E-state index contributed by atoms with van der Waals surface area (Å²) in [5, 5.41) is 19.9. The van der Waals surface area contributed by atoms with Crippen molar-refractivity contribution in [2.24, 2.45) is 0 Å². The highest BCUT2D eigenvalue weighted by atomic mass is 16.5.